The van der Waals surface area contributed by atoms with Gasteiger partial charge in [-0.2, -0.15) is 5.10 Å². The van der Waals surface area contributed by atoms with Gasteiger partial charge in [0.05, 0.1) is 12.2 Å². The van der Waals surface area contributed by atoms with E-state index in [9.17, 15) is 4.79 Å². The van der Waals surface area contributed by atoms with Gasteiger partial charge in [-0.3, -0.25) is 9.48 Å². The molecular formula is C18H25ClN4O. The SMILES string of the molecule is Cc1cc(C)n(Cc2ccc(C(=O)NC3CCNCC3)cc2)n1.Cl. The van der Waals surface area contributed by atoms with E-state index in [1.165, 1.54) is 0 Å². The minimum absolute atomic E-state index is 0. The molecule has 1 fully saturated rings. The number of hydrogen-bond acceptors (Lipinski definition) is 3. The molecule has 1 aromatic carbocycles. The van der Waals surface area contributed by atoms with Crippen LogP contribution in [-0.4, -0.2) is 34.8 Å². The van der Waals surface area contributed by atoms with Gasteiger partial charge in [-0.15, -0.1) is 12.4 Å². The maximum atomic E-state index is 12.3. The Morgan fingerprint density at radius 1 is 1.25 bits per heavy atom. The number of nitrogens with zero attached hydrogens (tertiary/aromatic N) is 2. The zero-order valence-corrected chi connectivity index (χ0v) is 15.0. The Balaban J connectivity index is 0.00000208. The van der Waals surface area contributed by atoms with E-state index in [0.29, 0.717) is 0 Å². The Kier molecular flexibility index (Phi) is 6.40. The van der Waals surface area contributed by atoms with Crippen molar-refractivity contribution in [3.63, 3.8) is 0 Å². The molecule has 0 saturated carbocycles. The third-order valence-corrected chi connectivity index (χ3v) is 4.33. The van der Waals surface area contributed by atoms with E-state index in [-0.39, 0.29) is 24.4 Å². The summed E-state index contributed by atoms with van der Waals surface area (Å²) >= 11 is 0. The third kappa shape index (κ3) is 4.58. The number of carbonyl (C=O) groups is 1. The summed E-state index contributed by atoms with van der Waals surface area (Å²) in [4.78, 5) is 12.3. The van der Waals surface area contributed by atoms with Crippen LogP contribution in [0.3, 0.4) is 0 Å². The number of halogens is 1. The first kappa shape index (κ1) is 18.5. The molecule has 0 radical (unpaired) electrons. The van der Waals surface area contributed by atoms with Crippen LogP contribution in [0.1, 0.15) is 40.2 Å². The van der Waals surface area contributed by atoms with Crippen molar-refractivity contribution < 1.29 is 4.79 Å². The molecule has 0 bridgehead atoms. The monoisotopic (exact) mass is 348 g/mol. The highest BCUT2D eigenvalue weighted by atomic mass is 35.5. The van der Waals surface area contributed by atoms with Crippen molar-refractivity contribution in [3.05, 3.63) is 52.8 Å². The summed E-state index contributed by atoms with van der Waals surface area (Å²) in [5.74, 6) is 0.0227. The van der Waals surface area contributed by atoms with Crippen molar-refractivity contribution >= 4 is 18.3 Å². The molecule has 0 unspecified atom stereocenters. The number of rotatable bonds is 4. The van der Waals surface area contributed by atoms with E-state index in [1.54, 1.807) is 0 Å². The lowest BCUT2D eigenvalue weighted by atomic mass is 10.1. The van der Waals surface area contributed by atoms with Gasteiger partial charge in [0, 0.05) is 17.3 Å². The van der Waals surface area contributed by atoms with Gasteiger partial charge in [0.15, 0.2) is 0 Å². The zero-order valence-electron chi connectivity index (χ0n) is 14.2. The Bertz CT molecular complexity index is 675. The fraction of sp³-hybridized carbons (Fsp3) is 0.444. The smallest absolute Gasteiger partial charge is 0.251 e. The normalized spacial score (nSPS) is 14.9. The maximum absolute atomic E-state index is 12.3. The number of amides is 1. The first-order valence-electron chi connectivity index (χ1n) is 8.23. The molecule has 0 atom stereocenters. The van der Waals surface area contributed by atoms with E-state index in [2.05, 4.69) is 28.7 Å². The molecule has 130 valence electrons. The van der Waals surface area contributed by atoms with Gasteiger partial charge in [0.2, 0.25) is 0 Å². The van der Waals surface area contributed by atoms with Crippen LogP contribution in [0.15, 0.2) is 30.3 Å². The number of piperidine rings is 1. The molecule has 0 spiro atoms. The maximum Gasteiger partial charge on any atom is 0.251 e. The minimum atomic E-state index is 0. The average molecular weight is 349 g/mol. The van der Waals surface area contributed by atoms with E-state index in [1.807, 2.05) is 35.9 Å². The van der Waals surface area contributed by atoms with Crippen LogP contribution in [0.4, 0.5) is 0 Å². The molecule has 5 nitrogen and oxygen atoms in total. The quantitative estimate of drug-likeness (QED) is 0.892. The fourth-order valence-corrected chi connectivity index (χ4v) is 3.00. The molecule has 2 aromatic rings. The van der Waals surface area contributed by atoms with Crippen LogP contribution in [0, 0.1) is 13.8 Å². The van der Waals surface area contributed by atoms with E-state index >= 15 is 0 Å². The molecule has 24 heavy (non-hydrogen) atoms. The average Bonchev–Trinajstić information content (AvgIpc) is 2.86. The zero-order chi connectivity index (χ0) is 16.2. The summed E-state index contributed by atoms with van der Waals surface area (Å²) in [6, 6.07) is 10.2. The first-order valence-corrected chi connectivity index (χ1v) is 8.23. The van der Waals surface area contributed by atoms with E-state index < -0.39 is 0 Å². The largest absolute Gasteiger partial charge is 0.349 e. The highest BCUT2D eigenvalue weighted by Gasteiger charge is 2.16. The first-order chi connectivity index (χ1) is 11.1. The molecule has 2 heterocycles. The molecule has 0 aliphatic carbocycles. The van der Waals surface area contributed by atoms with Crippen molar-refractivity contribution in [2.24, 2.45) is 0 Å². The molecule has 1 aliphatic heterocycles. The van der Waals surface area contributed by atoms with Crippen LogP contribution in [0.5, 0.6) is 0 Å². The summed E-state index contributed by atoms with van der Waals surface area (Å²) < 4.78 is 1.99. The predicted molar refractivity (Wildman–Crippen MR) is 97.9 cm³/mol. The van der Waals surface area contributed by atoms with Gasteiger partial charge >= 0.3 is 0 Å². The second kappa shape index (κ2) is 8.31. The second-order valence-corrected chi connectivity index (χ2v) is 6.28. The standard InChI is InChI=1S/C18H24N4O.ClH/c1-13-11-14(2)22(21-13)12-15-3-5-16(6-4-15)18(23)20-17-7-9-19-10-8-17;/h3-6,11,17,19H,7-10,12H2,1-2H3,(H,20,23);1H. The number of carbonyl (C=O) groups excluding carboxylic acids is 1. The molecule has 2 N–H and O–H groups in total. The summed E-state index contributed by atoms with van der Waals surface area (Å²) in [6.07, 6.45) is 2.00. The third-order valence-electron chi connectivity index (χ3n) is 4.33. The summed E-state index contributed by atoms with van der Waals surface area (Å²) in [5.41, 5.74) is 4.05. The summed E-state index contributed by atoms with van der Waals surface area (Å²) in [5, 5.41) is 10.9. The number of hydrogen-bond donors (Lipinski definition) is 2. The molecule has 6 heteroatoms. The van der Waals surface area contributed by atoms with Gasteiger partial charge in [-0.25, -0.2) is 0 Å². The summed E-state index contributed by atoms with van der Waals surface area (Å²) in [6.45, 7) is 6.74. The van der Waals surface area contributed by atoms with Crippen molar-refractivity contribution in [1.29, 1.82) is 0 Å². The van der Waals surface area contributed by atoms with E-state index in [4.69, 9.17) is 0 Å². The van der Waals surface area contributed by atoms with Crippen LogP contribution in [-0.2, 0) is 6.54 Å². The predicted octanol–water partition coefficient (Wildman–Crippen LogP) is 2.45. The number of aromatic nitrogens is 2. The molecule has 1 aliphatic rings. The van der Waals surface area contributed by atoms with Crippen LogP contribution in [0.2, 0.25) is 0 Å². The van der Waals surface area contributed by atoms with Crippen LogP contribution < -0.4 is 10.6 Å². The van der Waals surface area contributed by atoms with Crippen molar-refractivity contribution in [2.75, 3.05) is 13.1 Å². The molecule has 1 aromatic heterocycles. The van der Waals surface area contributed by atoms with Gasteiger partial charge in [0.25, 0.3) is 5.91 Å². The lowest BCUT2D eigenvalue weighted by Gasteiger charge is -2.23. The minimum Gasteiger partial charge on any atom is -0.349 e. The van der Waals surface area contributed by atoms with Gasteiger partial charge in [-0.1, -0.05) is 12.1 Å². The van der Waals surface area contributed by atoms with Crippen LogP contribution in [0.25, 0.3) is 0 Å². The van der Waals surface area contributed by atoms with Crippen molar-refractivity contribution in [2.45, 2.75) is 39.3 Å². The fourth-order valence-electron chi connectivity index (χ4n) is 3.00. The van der Waals surface area contributed by atoms with Gasteiger partial charge in [-0.05, 0) is 63.5 Å². The van der Waals surface area contributed by atoms with Crippen molar-refractivity contribution in [3.8, 4) is 0 Å². The van der Waals surface area contributed by atoms with Crippen LogP contribution >= 0.6 is 12.4 Å². The molecular weight excluding hydrogens is 324 g/mol. The second-order valence-electron chi connectivity index (χ2n) is 6.28. The van der Waals surface area contributed by atoms with E-state index in [0.717, 1.165) is 55.0 Å². The highest BCUT2D eigenvalue weighted by molar-refractivity contribution is 5.94. The Hall–Kier alpha value is -1.85. The molecule has 3 rings (SSSR count). The number of nitrogens with one attached hydrogen (secondary N) is 2. The van der Waals surface area contributed by atoms with Gasteiger partial charge in [0.1, 0.15) is 0 Å². The van der Waals surface area contributed by atoms with Gasteiger partial charge < -0.3 is 10.6 Å². The highest BCUT2D eigenvalue weighted by Crippen LogP contribution is 2.10. The Morgan fingerprint density at radius 2 is 1.92 bits per heavy atom. The Labute approximate surface area is 149 Å². The number of benzene rings is 1. The topological polar surface area (TPSA) is 59.0 Å². The number of aryl methyl sites for hydroxylation is 2. The molecule has 1 amide bonds. The lowest BCUT2D eigenvalue weighted by Crippen LogP contribution is -2.42. The summed E-state index contributed by atoms with van der Waals surface area (Å²) in [7, 11) is 0. The molecule has 1 saturated heterocycles. The lowest BCUT2D eigenvalue weighted by molar-refractivity contribution is 0.0929. The van der Waals surface area contributed by atoms with Crippen molar-refractivity contribution in [1.82, 2.24) is 20.4 Å². The Morgan fingerprint density at radius 3 is 2.50 bits per heavy atom.